The van der Waals surface area contributed by atoms with Gasteiger partial charge in [-0.15, -0.1) is 0 Å². The Bertz CT molecular complexity index is 1110. The van der Waals surface area contributed by atoms with E-state index in [1.54, 1.807) is 18.2 Å². The molecule has 7 heteroatoms. The van der Waals surface area contributed by atoms with Gasteiger partial charge in [-0.3, -0.25) is 0 Å². The van der Waals surface area contributed by atoms with E-state index in [4.69, 9.17) is 33.7 Å². The highest BCUT2D eigenvalue weighted by atomic mass is 35.5. The van der Waals surface area contributed by atoms with E-state index >= 15 is 0 Å². The van der Waals surface area contributed by atoms with Gasteiger partial charge in [-0.25, -0.2) is 4.98 Å². The summed E-state index contributed by atoms with van der Waals surface area (Å²) in [5.41, 5.74) is 7.13. The smallest absolute Gasteiger partial charge is 0.248 e. The third-order valence-corrected chi connectivity index (χ3v) is 4.34. The van der Waals surface area contributed by atoms with Gasteiger partial charge in [-0.05, 0) is 41.1 Å². The molecule has 27 heavy (non-hydrogen) atoms. The van der Waals surface area contributed by atoms with Crippen LogP contribution in [0.5, 0.6) is 11.6 Å². The van der Waals surface area contributed by atoms with Gasteiger partial charge in [0.05, 0.1) is 0 Å². The molecule has 0 aliphatic carbocycles. The highest BCUT2D eigenvalue weighted by Gasteiger charge is 2.11. The molecule has 3 N–H and O–H groups in total. The van der Waals surface area contributed by atoms with Crippen LogP contribution in [0.25, 0.3) is 10.8 Å². The second-order valence-electron chi connectivity index (χ2n) is 5.84. The van der Waals surface area contributed by atoms with E-state index in [1.807, 2.05) is 42.5 Å². The standard InChI is InChI=1S/C20H14Cl2N4O/c21-14-8-15(22)10-16(9-14)26-19-18(23)20(25-11-24-19)27-17-6-5-12-3-1-2-4-13(12)7-17/h1-11H,23H2,(H,24,25,26). The number of hydrogen-bond donors (Lipinski definition) is 2. The summed E-state index contributed by atoms with van der Waals surface area (Å²) >= 11 is 12.1. The highest BCUT2D eigenvalue weighted by Crippen LogP contribution is 2.33. The number of nitrogen functional groups attached to an aromatic ring is 1. The van der Waals surface area contributed by atoms with Crippen molar-refractivity contribution < 1.29 is 4.74 Å². The third-order valence-electron chi connectivity index (χ3n) is 3.91. The summed E-state index contributed by atoms with van der Waals surface area (Å²) in [6, 6.07) is 18.9. The lowest BCUT2D eigenvalue weighted by molar-refractivity contribution is 0.465. The van der Waals surface area contributed by atoms with E-state index in [9.17, 15) is 0 Å². The molecule has 0 saturated heterocycles. The van der Waals surface area contributed by atoms with Crippen molar-refractivity contribution in [1.82, 2.24) is 9.97 Å². The van der Waals surface area contributed by atoms with Gasteiger partial charge >= 0.3 is 0 Å². The minimum absolute atomic E-state index is 0.260. The molecular formula is C20H14Cl2N4O. The third kappa shape index (κ3) is 3.89. The minimum atomic E-state index is 0.260. The van der Waals surface area contributed by atoms with E-state index in [2.05, 4.69) is 15.3 Å². The van der Waals surface area contributed by atoms with Crippen molar-refractivity contribution in [3.63, 3.8) is 0 Å². The summed E-state index contributed by atoms with van der Waals surface area (Å²) in [6.45, 7) is 0. The minimum Gasteiger partial charge on any atom is -0.437 e. The first-order chi connectivity index (χ1) is 13.1. The molecule has 0 aliphatic heterocycles. The fourth-order valence-corrected chi connectivity index (χ4v) is 3.19. The first-order valence-corrected chi connectivity index (χ1v) is 8.84. The number of anilines is 3. The topological polar surface area (TPSA) is 73.1 Å². The lowest BCUT2D eigenvalue weighted by Gasteiger charge is -2.12. The lowest BCUT2D eigenvalue weighted by atomic mass is 10.1. The molecule has 1 aromatic heterocycles. The number of nitrogens with zero attached hydrogens (tertiary/aromatic N) is 2. The molecule has 0 spiro atoms. The maximum Gasteiger partial charge on any atom is 0.248 e. The average Bonchev–Trinajstić information content (AvgIpc) is 2.64. The molecule has 0 amide bonds. The Morgan fingerprint density at radius 3 is 2.37 bits per heavy atom. The van der Waals surface area contributed by atoms with Crippen molar-refractivity contribution in [1.29, 1.82) is 0 Å². The molecule has 3 aromatic carbocycles. The average molecular weight is 397 g/mol. The van der Waals surface area contributed by atoms with Gasteiger partial charge in [-0.1, -0.05) is 53.5 Å². The first kappa shape index (κ1) is 17.4. The molecule has 5 nitrogen and oxygen atoms in total. The Balaban J connectivity index is 1.62. The van der Waals surface area contributed by atoms with Crippen LogP contribution in [0.1, 0.15) is 0 Å². The summed E-state index contributed by atoms with van der Waals surface area (Å²) in [5.74, 6) is 1.30. The van der Waals surface area contributed by atoms with E-state index in [-0.39, 0.29) is 11.6 Å². The molecule has 134 valence electrons. The zero-order chi connectivity index (χ0) is 18.8. The maximum atomic E-state index is 6.19. The van der Waals surface area contributed by atoms with Crippen molar-refractivity contribution in [2.45, 2.75) is 0 Å². The van der Waals surface area contributed by atoms with Crippen molar-refractivity contribution in [2.75, 3.05) is 11.1 Å². The lowest BCUT2D eigenvalue weighted by Crippen LogP contribution is -2.03. The van der Waals surface area contributed by atoms with Gasteiger partial charge in [0.1, 0.15) is 17.8 Å². The van der Waals surface area contributed by atoms with E-state index in [0.29, 0.717) is 27.3 Å². The van der Waals surface area contributed by atoms with E-state index in [0.717, 1.165) is 10.8 Å². The Morgan fingerprint density at radius 2 is 1.59 bits per heavy atom. The Kier molecular flexibility index (Phi) is 4.71. The van der Waals surface area contributed by atoms with Gasteiger partial charge in [0.15, 0.2) is 5.82 Å². The molecule has 0 bridgehead atoms. The SMILES string of the molecule is Nc1c(Nc2cc(Cl)cc(Cl)c2)ncnc1Oc1ccc2ccccc2c1. The summed E-state index contributed by atoms with van der Waals surface area (Å²) in [7, 11) is 0. The Hall–Kier alpha value is -3.02. The van der Waals surface area contributed by atoms with Gasteiger partial charge in [0, 0.05) is 15.7 Å². The largest absolute Gasteiger partial charge is 0.437 e. The number of ether oxygens (including phenoxy) is 1. The van der Waals surface area contributed by atoms with E-state index < -0.39 is 0 Å². The summed E-state index contributed by atoms with van der Waals surface area (Å²) in [6.07, 6.45) is 1.38. The molecule has 1 heterocycles. The number of fused-ring (bicyclic) bond motifs is 1. The van der Waals surface area contributed by atoms with Crippen LogP contribution in [0, 0.1) is 0 Å². The van der Waals surface area contributed by atoms with Gasteiger partial charge in [0.25, 0.3) is 0 Å². The molecule has 4 aromatic rings. The van der Waals surface area contributed by atoms with Gasteiger partial charge in [0.2, 0.25) is 5.88 Å². The molecule has 0 fully saturated rings. The first-order valence-electron chi connectivity index (χ1n) is 8.09. The molecule has 0 atom stereocenters. The van der Waals surface area contributed by atoms with Gasteiger partial charge < -0.3 is 15.8 Å². The maximum absolute atomic E-state index is 6.19. The van der Waals surface area contributed by atoms with Crippen LogP contribution in [0.4, 0.5) is 17.2 Å². The number of rotatable bonds is 4. The fourth-order valence-electron chi connectivity index (χ4n) is 2.67. The second-order valence-corrected chi connectivity index (χ2v) is 6.71. The van der Waals surface area contributed by atoms with Crippen molar-refractivity contribution in [2.24, 2.45) is 0 Å². The van der Waals surface area contributed by atoms with Crippen LogP contribution in [0.3, 0.4) is 0 Å². The fraction of sp³-hybridized carbons (Fsp3) is 0. The number of nitrogens with one attached hydrogen (secondary N) is 1. The number of benzene rings is 3. The number of aromatic nitrogens is 2. The zero-order valence-corrected chi connectivity index (χ0v) is 15.5. The van der Waals surface area contributed by atoms with Crippen LogP contribution in [-0.4, -0.2) is 9.97 Å². The van der Waals surface area contributed by atoms with Crippen molar-refractivity contribution in [3.8, 4) is 11.6 Å². The predicted molar refractivity (Wildman–Crippen MR) is 110 cm³/mol. The van der Waals surface area contributed by atoms with Crippen molar-refractivity contribution >= 4 is 51.2 Å². The van der Waals surface area contributed by atoms with Crippen LogP contribution >= 0.6 is 23.2 Å². The second kappa shape index (κ2) is 7.31. The normalized spacial score (nSPS) is 10.7. The Labute approximate surface area is 165 Å². The molecule has 0 unspecified atom stereocenters. The van der Waals surface area contributed by atoms with Crippen molar-refractivity contribution in [3.05, 3.63) is 77.0 Å². The molecular weight excluding hydrogens is 383 g/mol. The predicted octanol–water partition coefficient (Wildman–Crippen LogP) is 6.05. The van der Waals surface area contributed by atoms with E-state index in [1.165, 1.54) is 6.33 Å². The quantitative estimate of drug-likeness (QED) is 0.438. The highest BCUT2D eigenvalue weighted by molar-refractivity contribution is 6.35. The molecule has 0 saturated carbocycles. The number of halogens is 2. The molecule has 0 aliphatic rings. The molecule has 0 radical (unpaired) electrons. The summed E-state index contributed by atoms with van der Waals surface area (Å²) in [4.78, 5) is 8.31. The van der Waals surface area contributed by atoms with Crippen LogP contribution < -0.4 is 15.8 Å². The van der Waals surface area contributed by atoms with Crippen LogP contribution in [-0.2, 0) is 0 Å². The van der Waals surface area contributed by atoms with Crippen LogP contribution in [0.2, 0.25) is 10.0 Å². The van der Waals surface area contributed by atoms with Crippen LogP contribution in [0.15, 0.2) is 67.0 Å². The monoisotopic (exact) mass is 396 g/mol. The number of hydrogen-bond acceptors (Lipinski definition) is 5. The number of nitrogens with two attached hydrogens (primary N) is 1. The summed E-state index contributed by atoms with van der Waals surface area (Å²) in [5, 5.41) is 6.28. The van der Waals surface area contributed by atoms with Gasteiger partial charge in [-0.2, -0.15) is 4.98 Å². The summed E-state index contributed by atoms with van der Waals surface area (Å²) < 4.78 is 5.87. The zero-order valence-electron chi connectivity index (χ0n) is 14.0. The Morgan fingerprint density at radius 1 is 0.852 bits per heavy atom. The molecule has 4 rings (SSSR count).